The number of hydrogen-bond donors (Lipinski definition) is 1. The Labute approximate surface area is 148 Å². The number of carbonyl (C=O) groups is 1. The summed E-state index contributed by atoms with van der Waals surface area (Å²) in [5.41, 5.74) is 4.07. The molecule has 0 radical (unpaired) electrons. The lowest BCUT2D eigenvalue weighted by atomic mass is 10.4. The summed E-state index contributed by atoms with van der Waals surface area (Å²) < 4.78 is 45.4. The minimum atomic E-state index is -4.63. The number of pyridine rings is 1. The molecule has 0 spiro atoms. The van der Waals surface area contributed by atoms with Crippen LogP contribution in [-0.2, 0) is 13.2 Å². The molecule has 0 fully saturated rings. The van der Waals surface area contributed by atoms with E-state index in [-0.39, 0.29) is 28.3 Å². The van der Waals surface area contributed by atoms with Gasteiger partial charge in [0, 0.05) is 25.4 Å². The van der Waals surface area contributed by atoms with Crippen LogP contribution >= 0.6 is 11.6 Å². The molecule has 0 aliphatic heterocycles. The van der Waals surface area contributed by atoms with Crippen LogP contribution in [0.2, 0.25) is 5.02 Å². The van der Waals surface area contributed by atoms with Crippen LogP contribution in [0.4, 0.5) is 13.2 Å². The third-order valence-electron chi connectivity index (χ3n) is 3.22. The average Bonchev–Trinajstić information content (AvgIpc) is 3.12. The molecule has 0 atom stereocenters. The Kier molecular flexibility index (Phi) is 4.32. The molecule has 3 aromatic rings. The highest BCUT2D eigenvalue weighted by molar-refractivity contribution is 6.32. The number of aromatic nitrogens is 5. The molecule has 3 heterocycles. The van der Waals surface area contributed by atoms with Crippen molar-refractivity contribution in [2.45, 2.75) is 6.18 Å². The van der Waals surface area contributed by atoms with Crippen molar-refractivity contribution in [3.05, 3.63) is 46.9 Å². The lowest BCUT2D eigenvalue weighted by Gasteiger charge is -2.05. The van der Waals surface area contributed by atoms with Gasteiger partial charge in [0.25, 0.3) is 5.91 Å². The predicted molar refractivity (Wildman–Crippen MR) is 83.2 cm³/mol. The molecule has 0 bridgehead atoms. The van der Waals surface area contributed by atoms with Crippen molar-refractivity contribution >= 4 is 17.5 Å². The van der Waals surface area contributed by atoms with E-state index in [1.54, 1.807) is 6.07 Å². The molecule has 0 saturated heterocycles. The SMILES string of the molecule is Cn1nc(C(F)(F)F)cc1Oc1cc(C(N)=O)n(-c2ncccc2Cl)n1. The molecule has 3 rings (SSSR count). The molecule has 0 aromatic carbocycles. The molecular formula is C14H10ClF3N6O2. The number of nitrogens with two attached hydrogens (primary N) is 1. The second kappa shape index (κ2) is 6.33. The fourth-order valence-corrected chi connectivity index (χ4v) is 2.27. The average molecular weight is 387 g/mol. The number of rotatable bonds is 4. The summed E-state index contributed by atoms with van der Waals surface area (Å²) in [6, 6.07) is 4.96. The molecule has 8 nitrogen and oxygen atoms in total. The first-order valence-electron chi connectivity index (χ1n) is 6.96. The van der Waals surface area contributed by atoms with Crippen LogP contribution < -0.4 is 10.5 Å². The summed E-state index contributed by atoms with van der Waals surface area (Å²) in [7, 11) is 1.27. The lowest BCUT2D eigenvalue weighted by molar-refractivity contribution is -0.141. The second-order valence-corrected chi connectivity index (χ2v) is 5.45. The zero-order chi connectivity index (χ0) is 19.1. The van der Waals surface area contributed by atoms with Gasteiger partial charge in [-0.1, -0.05) is 11.6 Å². The van der Waals surface area contributed by atoms with Gasteiger partial charge in [-0.15, -0.1) is 5.10 Å². The first-order chi connectivity index (χ1) is 12.2. The number of carbonyl (C=O) groups excluding carboxylic acids is 1. The van der Waals surface area contributed by atoms with E-state index in [0.717, 1.165) is 15.4 Å². The number of ether oxygens (including phenoxy) is 1. The van der Waals surface area contributed by atoms with Crippen molar-refractivity contribution in [2.24, 2.45) is 12.8 Å². The maximum atomic E-state index is 12.7. The summed E-state index contributed by atoms with van der Waals surface area (Å²) in [6.07, 6.45) is -3.20. The van der Waals surface area contributed by atoms with Crippen molar-refractivity contribution < 1.29 is 22.7 Å². The molecule has 12 heteroatoms. The third-order valence-corrected chi connectivity index (χ3v) is 3.51. The van der Waals surface area contributed by atoms with Crippen molar-refractivity contribution in [3.8, 4) is 17.6 Å². The molecule has 3 aromatic heterocycles. The maximum Gasteiger partial charge on any atom is 0.435 e. The van der Waals surface area contributed by atoms with E-state index in [2.05, 4.69) is 15.2 Å². The van der Waals surface area contributed by atoms with Gasteiger partial charge in [-0.2, -0.15) is 18.3 Å². The van der Waals surface area contributed by atoms with Crippen molar-refractivity contribution in [2.75, 3.05) is 0 Å². The van der Waals surface area contributed by atoms with Crippen molar-refractivity contribution in [1.82, 2.24) is 24.5 Å². The fourth-order valence-electron chi connectivity index (χ4n) is 2.07. The fraction of sp³-hybridized carbons (Fsp3) is 0.143. The van der Waals surface area contributed by atoms with Gasteiger partial charge in [0.2, 0.25) is 11.8 Å². The minimum absolute atomic E-state index is 0.110. The van der Waals surface area contributed by atoms with E-state index in [1.807, 2.05) is 0 Å². The van der Waals surface area contributed by atoms with E-state index >= 15 is 0 Å². The van der Waals surface area contributed by atoms with Gasteiger partial charge in [-0.25, -0.2) is 14.3 Å². The van der Waals surface area contributed by atoms with E-state index in [1.165, 1.54) is 19.3 Å². The molecule has 0 aliphatic rings. The Morgan fingerprint density at radius 3 is 2.62 bits per heavy atom. The highest BCUT2D eigenvalue weighted by Gasteiger charge is 2.35. The number of primary amides is 1. The van der Waals surface area contributed by atoms with Gasteiger partial charge < -0.3 is 10.5 Å². The molecule has 0 unspecified atom stereocenters. The van der Waals surface area contributed by atoms with E-state index < -0.39 is 17.8 Å². The zero-order valence-corrected chi connectivity index (χ0v) is 13.8. The monoisotopic (exact) mass is 386 g/mol. The highest BCUT2D eigenvalue weighted by atomic mass is 35.5. The highest BCUT2D eigenvalue weighted by Crippen LogP contribution is 2.32. The number of halogens is 4. The third kappa shape index (κ3) is 3.33. The van der Waals surface area contributed by atoms with Gasteiger partial charge in [0.1, 0.15) is 5.69 Å². The van der Waals surface area contributed by atoms with Crippen LogP contribution in [0.5, 0.6) is 11.8 Å². The molecular weight excluding hydrogens is 377 g/mol. The molecule has 0 aliphatic carbocycles. The summed E-state index contributed by atoms with van der Waals surface area (Å²) in [5, 5.41) is 7.50. The lowest BCUT2D eigenvalue weighted by Crippen LogP contribution is -2.17. The summed E-state index contributed by atoms with van der Waals surface area (Å²) >= 11 is 6.03. The first-order valence-corrected chi connectivity index (χ1v) is 7.34. The molecule has 26 heavy (non-hydrogen) atoms. The van der Waals surface area contributed by atoms with Crippen molar-refractivity contribution in [3.63, 3.8) is 0 Å². The van der Waals surface area contributed by atoms with Crippen LogP contribution in [0.25, 0.3) is 5.82 Å². The topological polar surface area (TPSA) is 101 Å². The Morgan fingerprint density at radius 2 is 2.04 bits per heavy atom. The van der Waals surface area contributed by atoms with Gasteiger partial charge in [0.15, 0.2) is 11.5 Å². The second-order valence-electron chi connectivity index (χ2n) is 5.04. The van der Waals surface area contributed by atoms with Crippen LogP contribution in [0, 0.1) is 0 Å². The Balaban J connectivity index is 2.01. The summed E-state index contributed by atoms with van der Waals surface area (Å²) in [6.45, 7) is 0. The van der Waals surface area contributed by atoms with E-state index in [0.29, 0.717) is 6.07 Å². The molecule has 2 N–H and O–H groups in total. The maximum absolute atomic E-state index is 12.7. The standard InChI is InChI=1S/C14H10ClF3N6O2/c1-23-11(6-9(21-23)14(16,17)18)26-10-5-8(12(19)25)24(22-10)13-7(15)3-2-4-20-13/h2-6H,1H3,(H2,19,25). The first kappa shape index (κ1) is 17.7. The quantitative estimate of drug-likeness (QED) is 0.742. The number of alkyl halides is 3. The van der Waals surface area contributed by atoms with Gasteiger partial charge in [-0.05, 0) is 12.1 Å². The molecule has 0 saturated carbocycles. The predicted octanol–water partition coefficient (Wildman–Crippen LogP) is 2.56. The van der Waals surface area contributed by atoms with E-state index in [9.17, 15) is 18.0 Å². The normalized spacial score (nSPS) is 11.6. The van der Waals surface area contributed by atoms with E-state index in [4.69, 9.17) is 22.1 Å². The van der Waals surface area contributed by atoms with Crippen LogP contribution in [0.3, 0.4) is 0 Å². The largest absolute Gasteiger partial charge is 0.435 e. The Hall–Kier alpha value is -3.08. The van der Waals surface area contributed by atoms with Crippen LogP contribution in [-0.4, -0.2) is 30.5 Å². The summed E-state index contributed by atoms with van der Waals surface area (Å²) in [4.78, 5) is 15.6. The number of nitrogens with zero attached hydrogens (tertiary/aromatic N) is 5. The Morgan fingerprint density at radius 1 is 1.31 bits per heavy atom. The number of amides is 1. The van der Waals surface area contributed by atoms with Crippen molar-refractivity contribution in [1.29, 1.82) is 0 Å². The van der Waals surface area contributed by atoms with Gasteiger partial charge in [-0.3, -0.25) is 4.79 Å². The van der Waals surface area contributed by atoms with Gasteiger partial charge >= 0.3 is 6.18 Å². The Bertz CT molecular complexity index is 981. The van der Waals surface area contributed by atoms with Crippen LogP contribution in [0.1, 0.15) is 16.2 Å². The smallest absolute Gasteiger partial charge is 0.419 e. The van der Waals surface area contributed by atoms with Crippen LogP contribution in [0.15, 0.2) is 30.5 Å². The number of hydrogen-bond acceptors (Lipinski definition) is 5. The summed E-state index contributed by atoms with van der Waals surface area (Å²) in [5.74, 6) is -1.16. The molecule has 136 valence electrons. The zero-order valence-electron chi connectivity index (χ0n) is 13.0. The molecule has 1 amide bonds. The number of aryl methyl sites for hydroxylation is 1. The van der Waals surface area contributed by atoms with Gasteiger partial charge in [0.05, 0.1) is 5.02 Å². The minimum Gasteiger partial charge on any atom is -0.419 e.